The second-order valence-electron chi connectivity index (χ2n) is 12.8. The lowest BCUT2D eigenvalue weighted by atomic mass is 10.3. The molecule has 214 valence electrons. The number of hydrogen-bond acceptors (Lipinski definition) is 6. The van der Waals surface area contributed by atoms with E-state index in [2.05, 4.69) is 80.5 Å². The van der Waals surface area contributed by atoms with Crippen LogP contribution in [0.5, 0.6) is 0 Å². The molecular formula is C27H58O6Si3. The Kier molecular flexibility index (Phi) is 14.6. The van der Waals surface area contributed by atoms with E-state index in [1.165, 1.54) is 18.9 Å². The zero-order chi connectivity index (χ0) is 28.4. The molecule has 0 radical (unpaired) electrons. The minimum absolute atomic E-state index is 0.0800. The van der Waals surface area contributed by atoms with Crippen molar-refractivity contribution in [3.05, 3.63) is 12.2 Å². The standard InChI is InChI=1S/C27H58O6Si3/c1-14-16-20-35(10,11)32-26(5,6)36(12,13)33-27(7,15-2)34(8,9)19-17-18-30-21-24(28)22-31-25(29)23(3)4/h24,28H,3,14-22H2,1-2,4-13H3. The summed E-state index contributed by atoms with van der Waals surface area (Å²) in [4.78, 5) is 11.4. The molecule has 0 amide bonds. The first-order valence-electron chi connectivity index (χ1n) is 13.7. The maximum atomic E-state index is 11.4. The van der Waals surface area contributed by atoms with Gasteiger partial charge in [0, 0.05) is 17.4 Å². The lowest BCUT2D eigenvalue weighted by molar-refractivity contribution is -0.143. The van der Waals surface area contributed by atoms with Gasteiger partial charge in [-0.2, -0.15) is 0 Å². The molecule has 2 atom stereocenters. The van der Waals surface area contributed by atoms with Gasteiger partial charge in [0.2, 0.25) is 8.32 Å². The van der Waals surface area contributed by atoms with E-state index in [0.717, 1.165) is 18.9 Å². The van der Waals surface area contributed by atoms with E-state index in [1.54, 1.807) is 6.92 Å². The van der Waals surface area contributed by atoms with E-state index < -0.39 is 36.8 Å². The van der Waals surface area contributed by atoms with Crippen LogP contribution in [-0.4, -0.2) is 72.2 Å². The van der Waals surface area contributed by atoms with Crippen LogP contribution in [0.2, 0.25) is 51.4 Å². The fourth-order valence-electron chi connectivity index (χ4n) is 4.29. The van der Waals surface area contributed by atoms with Crippen LogP contribution in [0, 0.1) is 0 Å². The summed E-state index contributed by atoms with van der Waals surface area (Å²) in [6.45, 7) is 31.2. The van der Waals surface area contributed by atoms with Gasteiger partial charge in [0.05, 0.1) is 19.9 Å². The number of hydrogen-bond donors (Lipinski definition) is 1. The molecule has 0 heterocycles. The van der Waals surface area contributed by atoms with Gasteiger partial charge in [-0.3, -0.25) is 0 Å². The number of rotatable bonds is 19. The largest absolute Gasteiger partial charge is 0.460 e. The predicted molar refractivity (Wildman–Crippen MR) is 159 cm³/mol. The minimum atomic E-state index is -2.21. The molecule has 36 heavy (non-hydrogen) atoms. The Morgan fingerprint density at radius 1 is 0.944 bits per heavy atom. The van der Waals surface area contributed by atoms with Gasteiger partial charge < -0.3 is 23.4 Å². The van der Waals surface area contributed by atoms with Gasteiger partial charge in [0.25, 0.3) is 0 Å². The van der Waals surface area contributed by atoms with Crippen molar-refractivity contribution in [2.45, 2.75) is 135 Å². The normalized spacial score (nSPS) is 15.9. The van der Waals surface area contributed by atoms with Crippen LogP contribution in [0.4, 0.5) is 0 Å². The molecule has 0 rings (SSSR count). The minimum Gasteiger partial charge on any atom is -0.460 e. The number of esters is 1. The first-order valence-corrected chi connectivity index (χ1v) is 23.0. The third kappa shape index (κ3) is 11.6. The van der Waals surface area contributed by atoms with Crippen molar-refractivity contribution >= 4 is 30.7 Å². The molecule has 0 aliphatic carbocycles. The van der Waals surface area contributed by atoms with E-state index in [-0.39, 0.29) is 23.7 Å². The van der Waals surface area contributed by atoms with Crippen molar-refractivity contribution in [3.8, 4) is 0 Å². The van der Waals surface area contributed by atoms with Gasteiger partial charge in [-0.25, -0.2) is 4.79 Å². The van der Waals surface area contributed by atoms with Crippen molar-refractivity contribution in [1.82, 2.24) is 0 Å². The Bertz CT molecular complexity index is 693. The van der Waals surface area contributed by atoms with E-state index in [9.17, 15) is 9.90 Å². The second-order valence-corrected chi connectivity index (χ2v) is 26.7. The molecule has 6 nitrogen and oxygen atoms in total. The summed E-state index contributed by atoms with van der Waals surface area (Å²) >= 11 is 0. The number of carbonyl (C=O) groups is 1. The lowest BCUT2D eigenvalue weighted by Crippen LogP contribution is -2.66. The summed E-state index contributed by atoms with van der Waals surface area (Å²) in [6.07, 6.45) is 3.49. The molecule has 0 saturated heterocycles. The van der Waals surface area contributed by atoms with E-state index in [4.69, 9.17) is 18.3 Å². The zero-order valence-corrected chi connectivity index (χ0v) is 28.6. The van der Waals surface area contributed by atoms with Crippen LogP contribution < -0.4 is 0 Å². The molecular weight excluding hydrogens is 505 g/mol. The van der Waals surface area contributed by atoms with Gasteiger partial charge >= 0.3 is 5.97 Å². The van der Waals surface area contributed by atoms with Gasteiger partial charge in [0.1, 0.15) is 12.7 Å². The fourth-order valence-corrected chi connectivity index (χ4v) is 14.7. The molecule has 0 aromatic carbocycles. The highest BCUT2D eigenvalue weighted by Gasteiger charge is 2.52. The van der Waals surface area contributed by atoms with Gasteiger partial charge in [0.15, 0.2) is 8.32 Å². The number of unbranched alkanes of at least 4 members (excludes halogenated alkanes) is 1. The molecule has 0 aromatic rings. The highest BCUT2D eigenvalue weighted by atomic mass is 28.4. The number of ether oxygens (including phenoxy) is 2. The van der Waals surface area contributed by atoms with Gasteiger partial charge in [-0.05, 0) is 72.8 Å². The van der Waals surface area contributed by atoms with Gasteiger partial charge in [-0.1, -0.05) is 52.4 Å². The Morgan fingerprint density at radius 3 is 2.03 bits per heavy atom. The number of carbonyl (C=O) groups excluding carboxylic acids is 1. The average molecular weight is 563 g/mol. The van der Waals surface area contributed by atoms with Crippen molar-refractivity contribution < 1.29 is 28.2 Å². The molecule has 0 spiro atoms. The van der Waals surface area contributed by atoms with Crippen LogP contribution in [0.25, 0.3) is 0 Å². The molecule has 0 aromatic heterocycles. The maximum Gasteiger partial charge on any atom is 0.333 e. The predicted octanol–water partition coefficient (Wildman–Crippen LogP) is 6.85. The SMILES string of the molecule is C=C(C)C(=O)OCC(O)COCCC[Si](C)(C)C(C)(CC)O[Si](C)(C)C(C)(C)O[Si](C)(C)CCCC. The van der Waals surface area contributed by atoms with Crippen LogP contribution >= 0.6 is 0 Å². The van der Waals surface area contributed by atoms with Crippen molar-refractivity contribution in [1.29, 1.82) is 0 Å². The van der Waals surface area contributed by atoms with Crippen molar-refractivity contribution in [3.63, 3.8) is 0 Å². The summed E-state index contributed by atoms with van der Waals surface area (Å²) in [5.74, 6) is -0.493. The second kappa shape index (κ2) is 14.7. The third-order valence-corrected chi connectivity index (χ3v) is 19.8. The lowest BCUT2D eigenvalue weighted by Gasteiger charge is -2.52. The first kappa shape index (κ1) is 35.7. The quantitative estimate of drug-likeness (QED) is 0.0803. The van der Waals surface area contributed by atoms with Gasteiger partial charge in [-0.15, -0.1) is 0 Å². The third-order valence-electron chi connectivity index (χ3n) is 7.86. The zero-order valence-electron chi connectivity index (χ0n) is 25.6. The van der Waals surface area contributed by atoms with Crippen LogP contribution in [0.1, 0.15) is 67.2 Å². The maximum absolute atomic E-state index is 11.4. The summed E-state index contributed by atoms with van der Waals surface area (Å²) in [7, 11) is -5.77. The van der Waals surface area contributed by atoms with Crippen molar-refractivity contribution in [2.24, 2.45) is 0 Å². The van der Waals surface area contributed by atoms with E-state index >= 15 is 0 Å². The summed E-state index contributed by atoms with van der Waals surface area (Å²) in [5, 5.41) is 9.57. The fraction of sp³-hybridized carbons (Fsp3) is 0.889. The van der Waals surface area contributed by atoms with Crippen molar-refractivity contribution in [2.75, 3.05) is 19.8 Å². The molecule has 9 heteroatoms. The molecule has 0 aliphatic rings. The summed E-state index contributed by atoms with van der Waals surface area (Å²) in [5.41, 5.74) is 0.319. The molecule has 2 unspecified atom stereocenters. The molecule has 0 fully saturated rings. The van der Waals surface area contributed by atoms with Crippen LogP contribution in [0.15, 0.2) is 12.2 Å². The Labute approximate surface area is 225 Å². The highest BCUT2D eigenvalue weighted by Crippen LogP contribution is 2.39. The monoisotopic (exact) mass is 562 g/mol. The smallest absolute Gasteiger partial charge is 0.333 e. The van der Waals surface area contributed by atoms with E-state index in [0.29, 0.717) is 12.2 Å². The average Bonchev–Trinajstić information content (AvgIpc) is 2.74. The summed E-state index contributed by atoms with van der Waals surface area (Å²) in [6, 6.07) is 2.26. The highest BCUT2D eigenvalue weighted by molar-refractivity contribution is 6.82. The molecule has 0 saturated carbocycles. The number of aliphatic hydroxyl groups excluding tert-OH is 1. The van der Waals surface area contributed by atoms with E-state index in [1.807, 2.05) is 0 Å². The summed E-state index contributed by atoms with van der Waals surface area (Å²) < 4.78 is 24.7. The Balaban J connectivity index is 4.99. The van der Waals surface area contributed by atoms with Crippen LogP contribution in [0.3, 0.4) is 0 Å². The topological polar surface area (TPSA) is 74.2 Å². The first-order chi connectivity index (χ1) is 16.3. The molecule has 0 aliphatic heterocycles. The molecule has 1 N–H and O–H groups in total. The Hall–Kier alpha value is -0.299. The number of aliphatic hydroxyl groups is 1. The Morgan fingerprint density at radius 2 is 1.53 bits per heavy atom. The van der Waals surface area contributed by atoms with Crippen LogP contribution in [-0.2, 0) is 23.1 Å². The molecule has 0 bridgehead atoms.